The molecule has 2 aliphatic rings. The number of fused-ring (bicyclic) bond motifs is 1. The van der Waals surface area contributed by atoms with Crippen LogP contribution in [0.15, 0.2) is 59.6 Å². The fraction of sp³-hybridized carbons (Fsp3) is 0.0500. The van der Waals surface area contributed by atoms with Gasteiger partial charge in [-0.15, -0.1) is 0 Å². The molecular weight excluding hydrogens is 397 g/mol. The van der Waals surface area contributed by atoms with E-state index in [2.05, 4.69) is 25.2 Å². The van der Waals surface area contributed by atoms with Gasteiger partial charge in [-0.1, -0.05) is 11.2 Å². The van der Waals surface area contributed by atoms with Gasteiger partial charge in [0.2, 0.25) is 0 Å². The summed E-state index contributed by atoms with van der Waals surface area (Å²) in [6.07, 6.45) is 5.62. The molecule has 0 unspecified atom stereocenters. The van der Waals surface area contributed by atoms with Gasteiger partial charge in [-0.05, 0) is 18.2 Å². The standard InChI is InChI=1S/C20H11F3N6O/c21-14-3-1-2-13(19(14)23)20-26-17-8-25-29(10-18(17)27-20)9-11-6-16(28-30-11)12-4-5-24-7-15(12)22/h1-8,10H,9H2. The minimum absolute atomic E-state index is 0.0306. The topological polar surface area (TPSA) is 82.5 Å². The molecule has 0 saturated carbocycles. The van der Waals surface area contributed by atoms with E-state index >= 15 is 0 Å². The molecule has 0 radical (unpaired) electrons. The van der Waals surface area contributed by atoms with E-state index in [0.29, 0.717) is 22.8 Å². The predicted octanol–water partition coefficient (Wildman–Crippen LogP) is 3.96. The Balaban J connectivity index is 1.43. The maximum atomic E-state index is 14.0. The highest BCUT2D eigenvalue weighted by Crippen LogP contribution is 2.27. The summed E-state index contributed by atoms with van der Waals surface area (Å²) in [4.78, 5) is 12.2. The first-order valence-electron chi connectivity index (χ1n) is 8.78. The lowest BCUT2D eigenvalue weighted by molar-refractivity contribution is 0.372. The third-order valence-electron chi connectivity index (χ3n) is 4.43. The summed E-state index contributed by atoms with van der Waals surface area (Å²) in [5, 5.41) is 8.10. The SMILES string of the molecule is Fc1cnccc1-c1cc(Cn2cc3nc(-c4cccc(F)c4F)nc-3cn2)on1. The maximum Gasteiger partial charge on any atom is 0.169 e. The number of imidazole rings is 1. The van der Waals surface area contributed by atoms with Gasteiger partial charge in [-0.25, -0.2) is 23.1 Å². The fourth-order valence-corrected chi connectivity index (χ4v) is 3.00. The Morgan fingerprint density at radius 3 is 2.63 bits per heavy atom. The van der Waals surface area contributed by atoms with Gasteiger partial charge >= 0.3 is 0 Å². The molecule has 30 heavy (non-hydrogen) atoms. The quantitative estimate of drug-likeness (QED) is 0.448. The largest absolute Gasteiger partial charge is 0.359 e. The van der Waals surface area contributed by atoms with Crippen LogP contribution in [0.25, 0.3) is 34.0 Å². The Morgan fingerprint density at radius 1 is 0.900 bits per heavy atom. The molecule has 2 aliphatic heterocycles. The zero-order valence-electron chi connectivity index (χ0n) is 15.1. The van der Waals surface area contributed by atoms with E-state index in [4.69, 9.17) is 4.52 Å². The Kier molecular flexibility index (Phi) is 4.24. The second-order valence-electron chi connectivity index (χ2n) is 6.42. The number of pyridine rings is 1. The second-order valence-corrected chi connectivity index (χ2v) is 6.42. The minimum Gasteiger partial charge on any atom is -0.359 e. The molecule has 2 aromatic heterocycles. The lowest BCUT2D eigenvalue weighted by atomic mass is 10.2. The van der Waals surface area contributed by atoms with Crippen LogP contribution in [0.2, 0.25) is 0 Å². The van der Waals surface area contributed by atoms with Crippen LogP contribution < -0.4 is 0 Å². The Labute approximate surface area is 167 Å². The summed E-state index contributed by atoms with van der Waals surface area (Å²) in [6.45, 7) is 0.201. The van der Waals surface area contributed by atoms with Crippen molar-refractivity contribution in [2.45, 2.75) is 6.54 Å². The monoisotopic (exact) mass is 408 g/mol. The van der Waals surface area contributed by atoms with Crippen LogP contribution in [-0.2, 0) is 6.54 Å². The first-order valence-corrected chi connectivity index (χ1v) is 8.78. The van der Waals surface area contributed by atoms with Crippen molar-refractivity contribution in [3.63, 3.8) is 0 Å². The number of nitrogens with zero attached hydrogens (tertiary/aromatic N) is 6. The van der Waals surface area contributed by atoms with Gasteiger partial charge in [0.25, 0.3) is 0 Å². The van der Waals surface area contributed by atoms with Crippen molar-refractivity contribution in [3.8, 4) is 34.0 Å². The van der Waals surface area contributed by atoms with Crippen LogP contribution in [0.4, 0.5) is 13.2 Å². The molecule has 0 bridgehead atoms. The molecule has 148 valence electrons. The van der Waals surface area contributed by atoms with Crippen LogP contribution in [0.1, 0.15) is 5.76 Å². The number of hydrogen-bond acceptors (Lipinski definition) is 6. The third kappa shape index (κ3) is 3.17. The number of aromatic nitrogens is 6. The van der Waals surface area contributed by atoms with E-state index in [0.717, 1.165) is 12.3 Å². The van der Waals surface area contributed by atoms with Crippen molar-refractivity contribution in [2.75, 3.05) is 0 Å². The van der Waals surface area contributed by atoms with E-state index < -0.39 is 17.5 Å². The molecule has 10 heteroatoms. The Bertz CT molecular complexity index is 1330. The summed E-state index contributed by atoms with van der Waals surface area (Å²) in [6, 6.07) is 6.92. The maximum absolute atomic E-state index is 14.0. The summed E-state index contributed by atoms with van der Waals surface area (Å²) < 4.78 is 48.2. The highest BCUT2D eigenvalue weighted by atomic mass is 19.2. The zero-order chi connectivity index (χ0) is 20.7. The highest BCUT2D eigenvalue weighted by molar-refractivity contribution is 5.65. The summed E-state index contributed by atoms with van der Waals surface area (Å²) in [7, 11) is 0. The van der Waals surface area contributed by atoms with Crippen molar-refractivity contribution in [3.05, 3.63) is 78.3 Å². The van der Waals surface area contributed by atoms with Gasteiger partial charge in [0.15, 0.2) is 29.0 Å². The molecule has 0 saturated heterocycles. The van der Waals surface area contributed by atoms with E-state index in [1.165, 1.54) is 35.3 Å². The highest BCUT2D eigenvalue weighted by Gasteiger charge is 2.18. The van der Waals surface area contributed by atoms with Gasteiger partial charge < -0.3 is 4.52 Å². The first kappa shape index (κ1) is 18.0. The van der Waals surface area contributed by atoms with Gasteiger partial charge in [0, 0.05) is 17.8 Å². The average molecular weight is 408 g/mol. The van der Waals surface area contributed by atoms with Gasteiger partial charge in [-0.3, -0.25) is 9.67 Å². The lowest BCUT2D eigenvalue weighted by Gasteiger charge is -2.03. The minimum atomic E-state index is -1.01. The van der Waals surface area contributed by atoms with Crippen LogP contribution in [0.3, 0.4) is 0 Å². The van der Waals surface area contributed by atoms with Crippen LogP contribution in [0, 0.1) is 17.5 Å². The van der Waals surface area contributed by atoms with Crippen LogP contribution >= 0.6 is 0 Å². The summed E-state index contributed by atoms with van der Waals surface area (Å²) in [5.41, 5.74) is 1.46. The molecule has 0 N–H and O–H groups in total. The smallest absolute Gasteiger partial charge is 0.169 e. The third-order valence-corrected chi connectivity index (χ3v) is 4.43. The molecule has 7 nitrogen and oxygen atoms in total. The van der Waals surface area contributed by atoms with Crippen LogP contribution in [0.5, 0.6) is 0 Å². The Morgan fingerprint density at radius 2 is 1.77 bits per heavy atom. The first-order chi connectivity index (χ1) is 14.6. The normalized spacial score (nSPS) is 11.3. The van der Waals surface area contributed by atoms with Crippen molar-refractivity contribution >= 4 is 0 Å². The van der Waals surface area contributed by atoms with Gasteiger partial charge in [0.1, 0.15) is 23.6 Å². The molecular formula is C20H11F3N6O. The fourth-order valence-electron chi connectivity index (χ4n) is 3.00. The molecule has 1 aromatic carbocycles. The lowest BCUT2D eigenvalue weighted by Crippen LogP contribution is -2.04. The molecule has 3 aromatic rings. The van der Waals surface area contributed by atoms with Crippen molar-refractivity contribution in [1.82, 2.24) is 29.9 Å². The molecule has 0 aliphatic carbocycles. The Hall–Kier alpha value is -4.08. The van der Waals surface area contributed by atoms with Crippen molar-refractivity contribution in [1.29, 1.82) is 0 Å². The number of benzene rings is 1. The van der Waals surface area contributed by atoms with Crippen LogP contribution in [-0.4, -0.2) is 29.9 Å². The second kappa shape index (κ2) is 7.07. The molecule has 5 rings (SSSR count). The molecule has 0 fully saturated rings. The van der Waals surface area contributed by atoms with Crippen molar-refractivity contribution < 1.29 is 17.7 Å². The molecule has 0 amide bonds. The predicted molar refractivity (Wildman–Crippen MR) is 98.6 cm³/mol. The van der Waals surface area contributed by atoms with Gasteiger partial charge in [0.05, 0.1) is 24.2 Å². The summed E-state index contributed by atoms with van der Waals surface area (Å²) in [5.74, 6) is -1.98. The zero-order valence-corrected chi connectivity index (χ0v) is 15.1. The summed E-state index contributed by atoms with van der Waals surface area (Å²) >= 11 is 0. The van der Waals surface area contributed by atoms with E-state index in [1.54, 1.807) is 12.3 Å². The van der Waals surface area contributed by atoms with Crippen molar-refractivity contribution in [2.24, 2.45) is 0 Å². The van der Waals surface area contributed by atoms with E-state index in [9.17, 15) is 13.2 Å². The van der Waals surface area contributed by atoms with E-state index in [-0.39, 0.29) is 23.5 Å². The average Bonchev–Trinajstić information content (AvgIpc) is 3.37. The number of halogens is 3. The number of hydrogen-bond donors (Lipinski definition) is 0. The molecule has 4 heterocycles. The number of rotatable bonds is 4. The van der Waals surface area contributed by atoms with E-state index in [1.807, 2.05) is 0 Å². The van der Waals surface area contributed by atoms with Gasteiger partial charge in [-0.2, -0.15) is 5.10 Å². The molecule has 0 atom stereocenters. The molecule has 0 spiro atoms.